The van der Waals surface area contributed by atoms with Crippen LogP contribution in [0.15, 0.2) is 0 Å². The zero-order valence-electron chi connectivity index (χ0n) is 10.9. The van der Waals surface area contributed by atoms with Crippen molar-refractivity contribution in [2.24, 2.45) is 5.92 Å². The number of aliphatic carboxylic acids is 1. The van der Waals surface area contributed by atoms with Gasteiger partial charge in [-0.1, -0.05) is 0 Å². The normalized spacial score (nSPS) is 31.8. The molecule has 6 heteroatoms. The molecule has 6 nitrogen and oxygen atoms in total. The van der Waals surface area contributed by atoms with Crippen molar-refractivity contribution in [1.82, 2.24) is 15.1 Å². The van der Waals surface area contributed by atoms with E-state index in [2.05, 4.69) is 10.2 Å². The van der Waals surface area contributed by atoms with Crippen molar-refractivity contribution in [1.29, 1.82) is 0 Å². The Hall–Kier alpha value is -1.30. The number of carbonyl (C=O) groups is 2. The molecule has 2 unspecified atom stereocenters. The second kappa shape index (κ2) is 5.14. The summed E-state index contributed by atoms with van der Waals surface area (Å²) in [5, 5.41) is 11.9. The molecule has 0 aromatic heterocycles. The van der Waals surface area contributed by atoms with Crippen LogP contribution in [0, 0.1) is 5.92 Å². The van der Waals surface area contributed by atoms with Gasteiger partial charge in [-0.05, 0) is 38.8 Å². The monoisotopic (exact) mass is 255 g/mol. The number of nitrogens with zero attached hydrogens (tertiary/aromatic N) is 2. The fourth-order valence-electron chi connectivity index (χ4n) is 2.73. The van der Waals surface area contributed by atoms with Gasteiger partial charge in [-0.3, -0.25) is 0 Å². The lowest BCUT2D eigenvalue weighted by atomic mass is 9.84. The molecule has 3 aliphatic heterocycles. The fraction of sp³-hybridized carbons (Fsp3) is 0.833. The van der Waals surface area contributed by atoms with Gasteiger partial charge >= 0.3 is 12.0 Å². The van der Waals surface area contributed by atoms with Crippen LogP contribution in [0.1, 0.15) is 19.8 Å². The predicted molar refractivity (Wildman–Crippen MR) is 66.3 cm³/mol. The zero-order chi connectivity index (χ0) is 13.3. The highest BCUT2D eigenvalue weighted by molar-refractivity contribution is 5.82. The summed E-state index contributed by atoms with van der Waals surface area (Å²) in [5.41, 5.74) is 0. The first-order valence-corrected chi connectivity index (χ1v) is 6.47. The molecule has 2 amide bonds. The van der Waals surface area contributed by atoms with Crippen LogP contribution in [0.5, 0.6) is 0 Å². The van der Waals surface area contributed by atoms with Crippen LogP contribution in [0.4, 0.5) is 4.79 Å². The standard InChI is InChI=1S/C12H21N3O3/c1-8(11(16)17)14(2)12(18)13-10-7-15-5-3-9(10)4-6-15/h8-10H,3-7H2,1-2H3,(H,13,18)(H,16,17). The summed E-state index contributed by atoms with van der Waals surface area (Å²) < 4.78 is 0. The van der Waals surface area contributed by atoms with Crippen molar-refractivity contribution < 1.29 is 14.7 Å². The van der Waals surface area contributed by atoms with Gasteiger partial charge < -0.3 is 20.2 Å². The van der Waals surface area contributed by atoms with Crippen molar-refractivity contribution in [2.45, 2.75) is 31.8 Å². The number of urea groups is 1. The first-order valence-electron chi connectivity index (χ1n) is 6.47. The van der Waals surface area contributed by atoms with Crippen LogP contribution in [0.3, 0.4) is 0 Å². The Morgan fingerprint density at radius 3 is 2.44 bits per heavy atom. The number of hydrogen-bond acceptors (Lipinski definition) is 3. The number of likely N-dealkylation sites (N-methyl/N-ethyl adjacent to an activating group) is 1. The van der Waals surface area contributed by atoms with Crippen molar-refractivity contribution in [3.05, 3.63) is 0 Å². The first-order chi connectivity index (χ1) is 8.49. The third-order valence-electron chi connectivity index (χ3n) is 4.22. The molecular weight excluding hydrogens is 234 g/mol. The van der Waals surface area contributed by atoms with E-state index in [1.54, 1.807) is 0 Å². The molecule has 3 aliphatic rings. The molecule has 3 rings (SSSR count). The Balaban J connectivity index is 1.89. The number of hydrogen-bond donors (Lipinski definition) is 2. The Kier molecular flexibility index (Phi) is 3.75. The highest BCUT2D eigenvalue weighted by Gasteiger charge is 2.35. The molecule has 18 heavy (non-hydrogen) atoms. The second-order valence-electron chi connectivity index (χ2n) is 5.32. The Bertz CT molecular complexity index is 339. The smallest absolute Gasteiger partial charge is 0.326 e. The Labute approximate surface area is 107 Å². The molecule has 0 aromatic rings. The van der Waals surface area contributed by atoms with E-state index in [1.807, 2.05) is 0 Å². The van der Waals surface area contributed by atoms with E-state index in [4.69, 9.17) is 5.11 Å². The van der Waals surface area contributed by atoms with Crippen LogP contribution in [0.25, 0.3) is 0 Å². The molecule has 2 bridgehead atoms. The van der Waals surface area contributed by atoms with Crippen molar-refractivity contribution in [3.63, 3.8) is 0 Å². The van der Waals surface area contributed by atoms with Crippen molar-refractivity contribution in [3.8, 4) is 0 Å². The molecule has 0 saturated carbocycles. The van der Waals surface area contributed by atoms with Gasteiger partial charge in [-0.2, -0.15) is 0 Å². The molecule has 0 aliphatic carbocycles. The van der Waals surface area contributed by atoms with E-state index in [-0.39, 0.29) is 12.1 Å². The molecule has 0 radical (unpaired) electrons. The number of carboxylic acids is 1. The lowest BCUT2D eigenvalue weighted by molar-refractivity contribution is -0.141. The first kappa shape index (κ1) is 13.1. The second-order valence-corrected chi connectivity index (χ2v) is 5.32. The number of piperidine rings is 3. The molecule has 0 aromatic carbocycles. The topological polar surface area (TPSA) is 72.9 Å². The molecule has 2 N–H and O–H groups in total. The predicted octanol–water partition coefficient (Wildman–Crippen LogP) is 0.195. The maximum atomic E-state index is 12.0. The van der Waals surface area contributed by atoms with Gasteiger partial charge in [0.1, 0.15) is 6.04 Å². The largest absolute Gasteiger partial charge is 0.480 e. The van der Waals surface area contributed by atoms with Crippen molar-refractivity contribution >= 4 is 12.0 Å². The highest BCUT2D eigenvalue weighted by Crippen LogP contribution is 2.27. The number of rotatable bonds is 3. The van der Waals surface area contributed by atoms with E-state index in [0.717, 1.165) is 32.5 Å². The van der Waals surface area contributed by atoms with Crippen LogP contribution in [-0.2, 0) is 4.79 Å². The van der Waals surface area contributed by atoms with Gasteiger partial charge in [0.15, 0.2) is 0 Å². The van der Waals surface area contributed by atoms with Crippen molar-refractivity contribution in [2.75, 3.05) is 26.7 Å². The number of carbonyl (C=O) groups excluding carboxylic acids is 1. The third-order valence-corrected chi connectivity index (χ3v) is 4.22. The molecule has 3 saturated heterocycles. The highest BCUT2D eigenvalue weighted by atomic mass is 16.4. The molecule has 3 heterocycles. The Morgan fingerprint density at radius 1 is 1.39 bits per heavy atom. The van der Waals surface area contributed by atoms with Crippen LogP contribution >= 0.6 is 0 Å². The summed E-state index contributed by atoms with van der Waals surface area (Å²) in [7, 11) is 1.52. The SMILES string of the molecule is CC(C(=O)O)N(C)C(=O)NC1CN2CCC1CC2. The number of fused-ring (bicyclic) bond motifs is 3. The summed E-state index contributed by atoms with van der Waals surface area (Å²) in [6, 6.07) is -0.918. The number of nitrogens with one attached hydrogen (secondary N) is 1. The van der Waals surface area contributed by atoms with Crippen LogP contribution < -0.4 is 5.32 Å². The van der Waals surface area contributed by atoms with Crippen LogP contribution in [-0.4, -0.2) is 65.7 Å². The van der Waals surface area contributed by atoms with Crippen LogP contribution in [0.2, 0.25) is 0 Å². The molecule has 0 spiro atoms. The lowest BCUT2D eigenvalue weighted by Gasteiger charge is -2.45. The molecular formula is C12H21N3O3. The minimum atomic E-state index is -0.985. The van der Waals surface area contributed by atoms with Gasteiger partial charge in [-0.15, -0.1) is 0 Å². The summed E-state index contributed by atoms with van der Waals surface area (Å²) in [5.74, 6) is -0.436. The number of amides is 2. The minimum Gasteiger partial charge on any atom is -0.480 e. The fourth-order valence-corrected chi connectivity index (χ4v) is 2.73. The van der Waals surface area contributed by atoms with Gasteiger partial charge in [0, 0.05) is 19.6 Å². The van der Waals surface area contributed by atoms with E-state index < -0.39 is 12.0 Å². The van der Waals surface area contributed by atoms with Gasteiger partial charge in [-0.25, -0.2) is 9.59 Å². The molecule has 2 atom stereocenters. The maximum Gasteiger partial charge on any atom is 0.326 e. The average molecular weight is 255 g/mol. The van der Waals surface area contributed by atoms with Gasteiger partial charge in [0.2, 0.25) is 0 Å². The number of carboxylic acid groups (broad SMARTS) is 1. The summed E-state index contributed by atoms with van der Waals surface area (Å²) in [6.07, 6.45) is 2.26. The molecule has 3 fully saturated rings. The Morgan fingerprint density at radius 2 is 2.00 bits per heavy atom. The van der Waals surface area contributed by atoms with E-state index in [1.165, 1.54) is 18.9 Å². The third kappa shape index (κ3) is 2.58. The molecule has 102 valence electrons. The lowest BCUT2D eigenvalue weighted by Crippen LogP contribution is -2.59. The van der Waals surface area contributed by atoms with Gasteiger partial charge in [0.05, 0.1) is 0 Å². The summed E-state index contributed by atoms with van der Waals surface area (Å²) in [4.78, 5) is 26.4. The quantitative estimate of drug-likeness (QED) is 0.755. The van der Waals surface area contributed by atoms with E-state index in [9.17, 15) is 9.59 Å². The maximum absolute atomic E-state index is 12.0. The van der Waals surface area contributed by atoms with Gasteiger partial charge in [0.25, 0.3) is 0 Å². The summed E-state index contributed by atoms with van der Waals surface area (Å²) >= 11 is 0. The minimum absolute atomic E-state index is 0.170. The average Bonchev–Trinajstić information content (AvgIpc) is 2.38. The zero-order valence-corrected chi connectivity index (χ0v) is 10.9. The van der Waals surface area contributed by atoms with E-state index in [0.29, 0.717) is 5.92 Å². The summed E-state index contributed by atoms with van der Waals surface area (Å²) in [6.45, 7) is 4.65. The van der Waals surface area contributed by atoms with E-state index >= 15 is 0 Å².